The van der Waals surface area contributed by atoms with Crippen LogP contribution < -0.4 is 35.9 Å². The van der Waals surface area contributed by atoms with Gasteiger partial charge in [0.25, 0.3) is 0 Å². The van der Waals surface area contributed by atoms with Gasteiger partial charge in [-0.15, -0.1) is 0 Å². The average Bonchev–Trinajstić information content (AvgIpc) is 3.15. The first-order chi connectivity index (χ1) is 22.8. The van der Waals surface area contributed by atoms with E-state index in [0.29, 0.717) is 0 Å². The second-order valence-electron chi connectivity index (χ2n) is 11.1. The fourth-order valence-electron chi connectivity index (χ4n) is 6.47. The molecule has 0 N–H and O–H groups in total. The van der Waals surface area contributed by atoms with Crippen LogP contribution in [0.2, 0.25) is 0 Å². The normalized spacial score (nSPS) is 12.7. The van der Waals surface area contributed by atoms with Crippen LogP contribution in [0.1, 0.15) is 0 Å². The topological polar surface area (TPSA) is 0 Å². The molecule has 46 heavy (non-hydrogen) atoms. The number of benzene rings is 7. The van der Waals surface area contributed by atoms with Gasteiger partial charge in [0, 0.05) is 0 Å². The van der Waals surface area contributed by atoms with Crippen LogP contribution in [-0.4, -0.2) is 0 Å². The zero-order valence-electron chi connectivity index (χ0n) is 25.3. The Labute approximate surface area is 292 Å². The minimum atomic E-state index is -2.82. The third kappa shape index (κ3) is 5.66. The summed E-state index contributed by atoms with van der Waals surface area (Å²) in [6, 6.07) is 79.1. The van der Waals surface area contributed by atoms with Gasteiger partial charge in [0.2, 0.25) is 0 Å². The molecular formula is C42H36IP2Pd. The molecule has 0 aromatic heterocycles. The molecule has 0 aliphatic heterocycles. The van der Waals surface area contributed by atoms with E-state index in [1.165, 1.54) is 39.4 Å². The van der Waals surface area contributed by atoms with Gasteiger partial charge in [0.15, 0.2) is 0 Å². The summed E-state index contributed by atoms with van der Waals surface area (Å²) in [5.74, 6) is 0. The summed E-state index contributed by atoms with van der Waals surface area (Å²) in [6.07, 6.45) is 0. The fraction of sp³-hybridized carbons (Fsp3) is 0. The minimum absolute atomic E-state index is 1.27. The molecule has 0 saturated carbocycles. The predicted octanol–water partition coefficient (Wildman–Crippen LogP) is 7.82. The summed E-state index contributed by atoms with van der Waals surface area (Å²) in [5.41, 5.74) is -5.64. The molecule has 0 spiro atoms. The standard InChI is InChI=1S/2C18H15P.C6H4I.Pd/c2*1-4-10-16(11-5-1)19(17-12-6-2-7-13-17)18-14-8-3-9-15-18;7-6-4-2-1-3-5-6;/h2*1-15H;2-5H;/q;;;-2/p+2. The molecule has 0 radical (unpaired) electrons. The molecule has 231 valence electrons. The van der Waals surface area contributed by atoms with E-state index in [2.05, 4.69) is 229 Å². The van der Waals surface area contributed by atoms with Crippen molar-refractivity contribution in [3.63, 3.8) is 0 Å². The van der Waals surface area contributed by atoms with E-state index in [1.54, 1.807) is 0 Å². The summed E-state index contributed by atoms with van der Waals surface area (Å²) in [7, 11) is 0. The second kappa shape index (κ2) is 14.3. The van der Waals surface area contributed by atoms with Crippen molar-refractivity contribution in [3.05, 3.63) is 210 Å². The fourth-order valence-corrected chi connectivity index (χ4v) is 52.1. The first-order valence-electron chi connectivity index (χ1n) is 15.4. The third-order valence-corrected chi connectivity index (χ3v) is 43.7. The van der Waals surface area contributed by atoms with Gasteiger partial charge in [0.1, 0.15) is 0 Å². The average molecular weight is 836 g/mol. The Kier molecular flexibility index (Phi) is 9.74. The number of halogens is 1. The van der Waals surface area contributed by atoms with Gasteiger partial charge in [-0.25, -0.2) is 0 Å². The molecule has 0 amide bonds. The summed E-state index contributed by atoms with van der Waals surface area (Å²) in [6.45, 7) is 0. The van der Waals surface area contributed by atoms with Gasteiger partial charge < -0.3 is 0 Å². The molecule has 0 atom stereocenters. The van der Waals surface area contributed by atoms with Gasteiger partial charge in [-0.1, -0.05) is 0 Å². The zero-order chi connectivity index (χ0) is 31.2. The Morgan fingerprint density at radius 3 is 0.717 bits per heavy atom. The first kappa shape index (κ1) is 31.4. The molecule has 0 unspecified atom stereocenters. The maximum absolute atomic E-state index is 2.82. The molecule has 7 aromatic rings. The molecule has 0 fully saturated rings. The maximum atomic E-state index is 2.48. The third-order valence-electron chi connectivity index (χ3n) is 8.36. The van der Waals surface area contributed by atoms with Crippen LogP contribution in [0.3, 0.4) is 0 Å². The molecule has 0 heterocycles. The van der Waals surface area contributed by atoms with Crippen molar-refractivity contribution in [2.45, 2.75) is 0 Å². The van der Waals surface area contributed by atoms with Gasteiger partial charge in [-0.05, 0) is 0 Å². The molecular weight excluding hydrogens is 800 g/mol. The molecule has 0 aliphatic rings. The molecule has 7 rings (SSSR count). The van der Waals surface area contributed by atoms with Crippen LogP contribution >= 0.6 is 33.5 Å². The van der Waals surface area contributed by atoms with Crippen LogP contribution in [-0.2, 0) is 15.8 Å². The molecule has 0 saturated heterocycles. The van der Waals surface area contributed by atoms with Gasteiger partial charge in [-0.3, -0.25) is 0 Å². The second-order valence-corrected chi connectivity index (χ2v) is 32.9. The molecule has 0 nitrogen and oxygen atoms in total. The Balaban J connectivity index is 1.77. The first-order valence-corrected chi connectivity index (χ1v) is 25.6. The monoisotopic (exact) mass is 835 g/mol. The van der Waals surface area contributed by atoms with Crippen molar-refractivity contribution in [2.24, 2.45) is 0 Å². The van der Waals surface area contributed by atoms with Crippen LogP contribution in [0, 0.1) is 3.57 Å². The van der Waals surface area contributed by atoms with Gasteiger partial charge in [-0.2, -0.15) is 0 Å². The van der Waals surface area contributed by atoms with Crippen molar-refractivity contribution in [1.82, 2.24) is 0 Å². The Morgan fingerprint density at radius 1 is 0.283 bits per heavy atom. The van der Waals surface area contributed by atoms with E-state index in [1.807, 2.05) is 0 Å². The summed E-state index contributed by atoms with van der Waals surface area (Å²) >= 11 is 0.643. The van der Waals surface area contributed by atoms with E-state index in [0.717, 1.165) is 0 Å². The van der Waals surface area contributed by atoms with Crippen LogP contribution in [0.15, 0.2) is 206 Å². The number of hydrogen-bond acceptors (Lipinski definition) is 0. The molecule has 4 heteroatoms. The summed E-state index contributed by atoms with van der Waals surface area (Å²) in [4.78, 5) is 0. The Morgan fingerprint density at radius 2 is 0.500 bits per heavy atom. The quantitative estimate of drug-likeness (QED) is 0.0792. The molecule has 0 bridgehead atoms. The van der Waals surface area contributed by atoms with Crippen molar-refractivity contribution in [3.8, 4) is 0 Å². The SMILES string of the molecule is Ic1cc[c]([Pd]([PH](c2ccccc2)(c2ccccc2)c2ccccc2)[PH](c2ccccc2)(c2ccccc2)c2ccccc2)cc1. The molecule has 0 aliphatic carbocycles. The summed E-state index contributed by atoms with van der Waals surface area (Å²) in [5, 5.41) is 8.87. The van der Waals surface area contributed by atoms with E-state index >= 15 is 0 Å². The van der Waals surface area contributed by atoms with Gasteiger partial charge >= 0.3 is 295 Å². The van der Waals surface area contributed by atoms with Crippen molar-refractivity contribution >= 4 is 69.4 Å². The van der Waals surface area contributed by atoms with Crippen molar-refractivity contribution in [1.29, 1.82) is 0 Å². The molecule has 7 aromatic carbocycles. The Hall–Kier alpha value is -3.21. The van der Waals surface area contributed by atoms with Gasteiger partial charge in [0.05, 0.1) is 0 Å². The summed E-state index contributed by atoms with van der Waals surface area (Å²) < 4.78 is 2.78. The number of rotatable bonds is 9. The van der Waals surface area contributed by atoms with E-state index in [-0.39, 0.29) is 0 Å². The van der Waals surface area contributed by atoms with E-state index < -0.39 is 26.7 Å². The van der Waals surface area contributed by atoms with Crippen molar-refractivity contribution in [2.75, 3.05) is 0 Å². The zero-order valence-corrected chi connectivity index (χ0v) is 31.0. The van der Waals surface area contributed by atoms with Crippen LogP contribution in [0.25, 0.3) is 0 Å². The van der Waals surface area contributed by atoms with Crippen LogP contribution in [0.4, 0.5) is 0 Å². The van der Waals surface area contributed by atoms with E-state index in [9.17, 15) is 0 Å². The predicted molar refractivity (Wildman–Crippen MR) is 212 cm³/mol. The Bertz CT molecular complexity index is 1650. The van der Waals surface area contributed by atoms with Crippen LogP contribution in [0.5, 0.6) is 0 Å². The van der Waals surface area contributed by atoms with E-state index in [4.69, 9.17) is 0 Å². The number of hydrogen-bond donors (Lipinski definition) is 0. The van der Waals surface area contributed by atoms with Crippen molar-refractivity contribution < 1.29 is 15.8 Å².